The third-order valence-corrected chi connectivity index (χ3v) is 3.12. The molecule has 6 heteroatoms. The highest BCUT2D eigenvalue weighted by atomic mass is 35.5. The van der Waals surface area contributed by atoms with E-state index in [1.165, 1.54) is 0 Å². The van der Waals surface area contributed by atoms with Gasteiger partial charge in [0.05, 0.1) is 23.5 Å². The van der Waals surface area contributed by atoms with Crippen LogP contribution < -0.4 is 10.1 Å². The third kappa shape index (κ3) is 2.66. The molecule has 0 aliphatic carbocycles. The van der Waals surface area contributed by atoms with E-state index in [2.05, 4.69) is 10.3 Å². The molecule has 0 aliphatic heterocycles. The fourth-order valence-electron chi connectivity index (χ4n) is 1.94. The summed E-state index contributed by atoms with van der Waals surface area (Å²) in [6.07, 6.45) is 0. The Morgan fingerprint density at radius 3 is 2.89 bits per heavy atom. The molecule has 0 saturated heterocycles. The van der Waals surface area contributed by atoms with Crippen molar-refractivity contribution in [3.8, 4) is 5.75 Å². The minimum absolute atomic E-state index is 0.0966. The summed E-state index contributed by atoms with van der Waals surface area (Å²) in [6, 6.07) is 5.55. The molecule has 5 nitrogen and oxygen atoms in total. The van der Waals surface area contributed by atoms with Crippen molar-refractivity contribution in [3.05, 3.63) is 24.0 Å². The molecule has 19 heavy (non-hydrogen) atoms. The number of halogens is 1. The Bertz CT molecular complexity index is 607. The molecule has 1 aromatic heterocycles. The Kier molecular flexibility index (Phi) is 3.95. The highest BCUT2D eigenvalue weighted by Crippen LogP contribution is 2.27. The van der Waals surface area contributed by atoms with Gasteiger partial charge in [-0.05, 0) is 19.1 Å². The van der Waals surface area contributed by atoms with Crippen LogP contribution in [0.3, 0.4) is 0 Å². The number of fused-ring (bicyclic) bond motifs is 1. The zero-order chi connectivity index (χ0) is 14.0. The van der Waals surface area contributed by atoms with Gasteiger partial charge < -0.3 is 14.6 Å². The van der Waals surface area contributed by atoms with E-state index in [1.807, 2.05) is 29.7 Å². The number of alkyl halides is 1. The standard InChI is InChI=1S/C13H16ClN3O2/c1-8(14)13-16-10-5-4-9(19-3)6-11(10)17(13)7-12(18)15-2/h4-6,8H,7H2,1-3H3,(H,15,18). The van der Waals surface area contributed by atoms with Gasteiger partial charge in [-0.25, -0.2) is 4.98 Å². The van der Waals surface area contributed by atoms with Crippen molar-refractivity contribution in [2.45, 2.75) is 18.8 Å². The van der Waals surface area contributed by atoms with Crippen molar-refractivity contribution in [1.82, 2.24) is 14.9 Å². The molecule has 0 radical (unpaired) electrons. The van der Waals surface area contributed by atoms with Crippen molar-refractivity contribution < 1.29 is 9.53 Å². The predicted octanol–water partition coefficient (Wildman–Crippen LogP) is 2.09. The average Bonchev–Trinajstić information content (AvgIpc) is 2.76. The molecule has 0 bridgehead atoms. The number of carbonyl (C=O) groups is 1. The zero-order valence-electron chi connectivity index (χ0n) is 11.1. The summed E-state index contributed by atoms with van der Waals surface area (Å²) < 4.78 is 7.02. The molecule has 0 fully saturated rings. The van der Waals surface area contributed by atoms with Crippen LogP contribution in [0.2, 0.25) is 0 Å². The molecule has 102 valence electrons. The lowest BCUT2D eigenvalue weighted by atomic mass is 10.3. The number of rotatable bonds is 4. The smallest absolute Gasteiger partial charge is 0.239 e. The van der Waals surface area contributed by atoms with Crippen molar-refractivity contribution >= 4 is 28.5 Å². The van der Waals surface area contributed by atoms with Crippen molar-refractivity contribution in [2.75, 3.05) is 14.2 Å². The first kappa shape index (κ1) is 13.7. The van der Waals surface area contributed by atoms with Crippen LogP contribution in [-0.4, -0.2) is 29.6 Å². The number of amides is 1. The van der Waals surface area contributed by atoms with Gasteiger partial charge >= 0.3 is 0 Å². The van der Waals surface area contributed by atoms with Gasteiger partial charge in [-0.15, -0.1) is 11.6 Å². The molecular formula is C13H16ClN3O2. The van der Waals surface area contributed by atoms with Gasteiger partial charge in [0, 0.05) is 13.1 Å². The van der Waals surface area contributed by atoms with E-state index < -0.39 is 0 Å². The summed E-state index contributed by atoms with van der Waals surface area (Å²) in [5.74, 6) is 1.30. The summed E-state index contributed by atoms with van der Waals surface area (Å²) >= 11 is 6.13. The highest BCUT2D eigenvalue weighted by Gasteiger charge is 2.17. The topological polar surface area (TPSA) is 56.2 Å². The van der Waals surface area contributed by atoms with Gasteiger partial charge in [-0.3, -0.25) is 4.79 Å². The number of aromatic nitrogens is 2. The van der Waals surface area contributed by atoms with E-state index in [1.54, 1.807) is 14.2 Å². The Hall–Kier alpha value is -1.75. The minimum Gasteiger partial charge on any atom is -0.497 e. The van der Waals surface area contributed by atoms with Crippen LogP contribution in [0.1, 0.15) is 18.1 Å². The first-order valence-electron chi connectivity index (χ1n) is 5.95. The van der Waals surface area contributed by atoms with Crippen molar-refractivity contribution in [3.63, 3.8) is 0 Å². The van der Waals surface area contributed by atoms with E-state index in [4.69, 9.17) is 16.3 Å². The number of likely N-dealkylation sites (N-methyl/N-ethyl adjacent to an activating group) is 1. The maximum atomic E-state index is 11.6. The maximum absolute atomic E-state index is 11.6. The van der Waals surface area contributed by atoms with Gasteiger partial charge in [0.15, 0.2) is 0 Å². The molecular weight excluding hydrogens is 266 g/mol. The first-order valence-corrected chi connectivity index (χ1v) is 6.39. The lowest BCUT2D eigenvalue weighted by molar-refractivity contribution is -0.121. The maximum Gasteiger partial charge on any atom is 0.239 e. The Balaban J connectivity index is 2.59. The largest absolute Gasteiger partial charge is 0.497 e. The van der Waals surface area contributed by atoms with Crippen LogP contribution >= 0.6 is 11.6 Å². The van der Waals surface area contributed by atoms with Gasteiger partial charge in [-0.1, -0.05) is 0 Å². The molecule has 0 saturated carbocycles. The number of nitrogens with zero attached hydrogens (tertiary/aromatic N) is 2. The van der Waals surface area contributed by atoms with Gasteiger partial charge in [0.1, 0.15) is 18.1 Å². The lowest BCUT2D eigenvalue weighted by Gasteiger charge is -2.09. The molecule has 1 N–H and O–H groups in total. The summed E-state index contributed by atoms with van der Waals surface area (Å²) in [4.78, 5) is 16.1. The van der Waals surface area contributed by atoms with Crippen LogP contribution in [0.4, 0.5) is 0 Å². The Morgan fingerprint density at radius 1 is 1.58 bits per heavy atom. The monoisotopic (exact) mass is 281 g/mol. The van der Waals surface area contributed by atoms with Gasteiger partial charge in [0.25, 0.3) is 0 Å². The number of hydrogen-bond donors (Lipinski definition) is 1. The molecule has 1 amide bonds. The quantitative estimate of drug-likeness (QED) is 0.873. The Morgan fingerprint density at radius 2 is 2.32 bits per heavy atom. The molecule has 0 spiro atoms. The van der Waals surface area contributed by atoms with E-state index in [0.29, 0.717) is 5.82 Å². The fourth-order valence-corrected chi connectivity index (χ4v) is 2.11. The average molecular weight is 282 g/mol. The number of nitrogens with one attached hydrogen (secondary N) is 1. The van der Waals surface area contributed by atoms with Crippen molar-refractivity contribution in [1.29, 1.82) is 0 Å². The SMILES string of the molecule is CNC(=O)Cn1c(C(C)Cl)nc2ccc(OC)cc21. The lowest BCUT2D eigenvalue weighted by Crippen LogP contribution is -2.24. The molecule has 2 rings (SSSR count). The second-order valence-electron chi connectivity index (χ2n) is 4.20. The number of carbonyl (C=O) groups excluding carboxylic acids is 1. The summed E-state index contributed by atoms with van der Waals surface area (Å²) in [7, 11) is 3.21. The van der Waals surface area contributed by atoms with Crippen LogP contribution in [-0.2, 0) is 11.3 Å². The summed E-state index contributed by atoms with van der Waals surface area (Å²) in [5.41, 5.74) is 1.64. The second-order valence-corrected chi connectivity index (χ2v) is 4.85. The second kappa shape index (κ2) is 5.48. The van der Waals surface area contributed by atoms with E-state index in [9.17, 15) is 4.79 Å². The third-order valence-electron chi connectivity index (χ3n) is 2.92. The van der Waals surface area contributed by atoms with Crippen molar-refractivity contribution in [2.24, 2.45) is 0 Å². The number of benzene rings is 1. The van der Waals surface area contributed by atoms with E-state index in [-0.39, 0.29) is 17.8 Å². The zero-order valence-corrected chi connectivity index (χ0v) is 11.9. The number of hydrogen-bond acceptors (Lipinski definition) is 3. The van der Waals surface area contributed by atoms with Crippen LogP contribution in [0.25, 0.3) is 11.0 Å². The van der Waals surface area contributed by atoms with Gasteiger partial charge in [0.2, 0.25) is 5.91 Å². The van der Waals surface area contributed by atoms with E-state index in [0.717, 1.165) is 16.8 Å². The number of ether oxygens (including phenoxy) is 1. The number of methoxy groups -OCH3 is 1. The minimum atomic E-state index is -0.275. The Labute approximate surface area is 116 Å². The molecule has 1 aromatic carbocycles. The molecule has 1 unspecified atom stereocenters. The fraction of sp³-hybridized carbons (Fsp3) is 0.385. The van der Waals surface area contributed by atoms with Gasteiger partial charge in [-0.2, -0.15) is 0 Å². The molecule has 1 atom stereocenters. The first-order chi connectivity index (χ1) is 9.06. The number of imidazole rings is 1. The molecule has 0 aliphatic rings. The van der Waals surface area contributed by atoms with Crippen LogP contribution in [0, 0.1) is 0 Å². The van der Waals surface area contributed by atoms with Crippen LogP contribution in [0.15, 0.2) is 18.2 Å². The summed E-state index contributed by atoms with van der Waals surface area (Å²) in [5, 5.41) is 2.33. The summed E-state index contributed by atoms with van der Waals surface area (Å²) in [6.45, 7) is 2.02. The normalized spacial score (nSPS) is 12.4. The van der Waals surface area contributed by atoms with Crippen LogP contribution in [0.5, 0.6) is 5.75 Å². The molecule has 1 heterocycles. The van der Waals surface area contributed by atoms with E-state index >= 15 is 0 Å². The molecule has 2 aromatic rings. The highest BCUT2D eigenvalue weighted by molar-refractivity contribution is 6.20. The predicted molar refractivity (Wildman–Crippen MR) is 74.6 cm³/mol.